The first-order chi connectivity index (χ1) is 29.6. The molecule has 17 nitrogen and oxygen atoms in total. The van der Waals surface area contributed by atoms with Crippen LogP contribution < -0.4 is 31.0 Å². The van der Waals surface area contributed by atoms with Gasteiger partial charge in [0.05, 0.1) is 12.3 Å². The maximum Gasteiger partial charge on any atom is 0.412 e. The number of piperidine rings is 1. The lowest BCUT2D eigenvalue weighted by molar-refractivity contribution is -0.688. The number of hydrogen-bond donors (Lipinski definition) is 8. The van der Waals surface area contributed by atoms with Crippen LogP contribution >= 0.6 is 0 Å². The second-order valence-corrected chi connectivity index (χ2v) is 16.6. The zero-order chi connectivity index (χ0) is 44.8. The van der Waals surface area contributed by atoms with Crippen LogP contribution in [0.3, 0.4) is 0 Å². The number of hydrogen-bond acceptors (Lipinski definition) is 12. The van der Waals surface area contributed by atoms with Crippen molar-refractivity contribution in [3.8, 4) is 5.75 Å². The van der Waals surface area contributed by atoms with Crippen molar-refractivity contribution < 1.29 is 58.4 Å². The number of benzene rings is 2. The van der Waals surface area contributed by atoms with E-state index < -0.39 is 49.0 Å². The van der Waals surface area contributed by atoms with Crippen LogP contribution in [0.25, 0.3) is 6.08 Å². The summed E-state index contributed by atoms with van der Waals surface area (Å²) < 4.78 is 18.5. The number of likely N-dealkylation sites (tertiary alicyclic amines) is 1. The van der Waals surface area contributed by atoms with Crippen LogP contribution in [0.2, 0.25) is 0 Å². The van der Waals surface area contributed by atoms with Gasteiger partial charge in [-0.1, -0.05) is 18.9 Å². The maximum absolute atomic E-state index is 13.2. The number of nitrogens with two attached hydrogens (primary N) is 1. The Bertz CT molecular complexity index is 2010. The van der Waals surface area contributed by atoms with Crippen molar-refractivity contribution in [3.63, 3.8) is 0 Å². The molecular weight excluding hydrogens is 801 g/mol. The van der Waals surface area contributed by atoms with E-state index in [0.29, 0.717) is 43.3 Å². The highest BCUT2D eigenvalue weighted by Gasteiger charge is 2.45. The number of rotatable bonds is 17. The normalized spacial score (nSPS) is 20.7. The number of pyridine rings is 1. The maximum atomic E-state index is 13.2. The van der Waals surface area contributed by atoms with E-state index in [1.54, 1.807) is 69.3 Å². The summed E-state index contributed by atoms with van der Waals surface area (Å²) in [4.78, 5) is 52.4. The van der Waals surface area contributed by atoms with Crippen LogP contribution in [-0.4, -0.2) is 118 Å². The molecule has 5 rings (SSSR count). The molecule has 2 aliphatic heterocycles. The third kappa shape index (κ3) is 14.3. The van der Waals surface area contributed by atoms with Crippen LogP contribution in [0.5, 0.6) is 5.75 Å². The lowest BCUT2D eigenvalue weighted by Gasteiger charge is -2.39. The SMILES string of the molecule is CC(C)(C)OC(=O)Nc1cccc(C(=O)N2CCC(CCCCNC(=O)/C=C/c3ccc[n+](Cc4ccc(O[C@H]5O[C@H](CO)[C@@H](O)[C@H](O)[C@@H]5O)c(NC(=O)CCN)c4)c3)CC2)c1. The molecule has 3 heterocycles. The van der Waals surface area contributed by atoms with E-state index in [1.807, 2.05) is 34.0 Å². The zero-order valence-corrected chi connectivity index (χ0v) is 35.6. The Labute approximate surface area is 361 Å². The smallest absolute Gasteiger partial charge is 0.412 e. The quantitative estimate of drug-likeness (QED) is 0.0555. The molecule has 5 atom stereocenters. The number of carbonyl (C=O) groups excluding carboxylic acids is 4. The van der Waals surface area contributed by atoms with Crippen molar-refractivity contribution in [2.45, 2.75) is 102 Å². The van der Waals surface area contributed by atoms with E-state index in [4.69, 9.17) is 19.9 Å². The van der Waals surface area contributed by atoms with E-state index in [1.165, 1.54) is 6.08 Å². The Morgan fingerprint density at radius 1 is 0.968 bits per heavy atom. The van der Waals surface area contributed by atoms with Gasteiger partial charge >= 0.3 is 6.09 Å². The fourth-order valence-corrected chi connectivity index (χ4v) is 7.22. The Morgan fingerprint density at radius 2 is 1.74 bits per heavy atom. The van der Waals surface area contributed by atoms with Gasteiger partial charge in [-0.25, -0.2) is 9.36 Å². The summed E-state index contributed by atoms with van der Waals surface area (Å²) in [5.74, 6) is -0.00687. The highest BCUT2D eigenvalue weighted by atomic mass is 16.7. The molecule has 0 radical (unpaired) electrons. The van der Waals surface area contributed by atoms with Crippen molar-refractivity contribution >= 4 is 41.3 Å². The third-order valence-corrected chi connectivity index (χ3v) is 10.4. The van der Waals surface area contributed by atoms with E-state index in [-0.39, 0.29) is 42.1 Å². The van der Waals surface area contributed by atoms with Gasteiger partial charge in [-0.3, -0.25) is 19.7 Å². The van der Waals surface area contributed by atoms with Gasteiger partial charge in [0, 0.05) is 67.1 Å². The highest BCUT2D eigenvalue weighted by molar-refractivity contribution is 5.96. The van der Waals surface area contributed by atoms with Crippen LogP contribution in [0.1, 0.15) is 80.8 Å². The average Bonchev–Trinajstić information content (AvgIpc) is 3.23. The molecule has 0 saturated carbocycles. The summed E-state index contributed by atoms with van der Waals surface area (Å²) in [5, 5.41) is 48.8. The van der Waals surface area contributed by atoms with Gasteiger partial charge in [0.2, 0.25) is 18.1 Å². The molecule has 9 N–H and O–H groups in total. The van der Waals surface area contributed by atoms with Gasteiger partial charge in [0.25, 0.3) is 5.91 Å². The molecule has 4 amide bonds. The molecule has 2 aromatic carbocycles. The average molecular weight is 862 g/mol. The molecule has 2 fully saturated rings. The monoisotopic (exact) mass is 861 g/mol. The van der Waals surface area contributed by atoms with Gasteiger partial charge in [-0.2, -0.15) is 0 Å². The van der Waals surface area contributed by atoms with Crippen molar-refractivity contribution in [1.29, 1.82) is 0 Å². The van der Waals surface area contributed by atoms with Gasteiger partial charge in [-0.05, 0) is 94.5 Å². The summed E-state index contributed by atoms with van der Waals surface area (Å²) in [5.41, 5.74) is 7.78. The number of aromatic nitrogens is 1. The molecule has 0 unspecified atom stereocenters. The number of anilines is 2. The molecule has 336 valence electrons. The van der Waals surface area contributed by atoms with Crippen molar-refractivity contribution in [2.24, 2.45) is 11.7 Å². The molecular formula is C45H61N6O11+. The summed E-state index contributed by atoms with van der Waals surface area (Å²) in [6.45, 7) is 7.12. The summed E-state index contributed by atoms with van der Waals surface area (Å²) in [6.07, 6.45) is 3.62. The first kappa shape index (κ1) is 47.6. The fraction of sp³-hybridized carbons (Fsp3) is 0.489. The lowest BCUT2D eigenvalue weighted by atomic mass is 9.91. The first-order valence-corrected chi connectivity index (χ1v) is 21.1. The molecule has 3 aromatic rings. The second kappa shape index (κ2) is 22.6. The Balaban J connectivity index is 1.05. The van der Waals surface area contributed by atoms with Gasteiger partial charge in [0.1, 0.15) is 35.8 Å². The minimum Gasteiger partial charge on any atom is -0.460 e. The van der Waals surface area contributed by atoms with Gasteiger partial charge < -0.3 is 55.9 Å². The number of unbranched alkanes of at least 4 members (excludes halogenated alkanes) is 1. The molecule has 17 heteroatoms. The lowest BCUT2D eigenvalue weighted by Crippen LogP contribution is -2.60. The minimum absolute atomic E-state index is 0.0441. The number of carbonyl (C=O) groups is 4. The highest BCUT2D eigenvalue weighted by Crippen LogP contribution is 2.31. The predicted molar refractivity (Wildman–Crippen MR) is 230 cm³/mol. The van der Waals surface area contributed by atoms with E-state index in [0.717, 1.165) is 43.2 Å². The summed E-state index contributed by atoms with van der Waals surface area (Å²) in [7, 11) is 0. The Morgan fingerprint density at radius 3 is 2.47 bits per heavy atom. The molecule has 2 saturated heterocycles. The minimum atomic E-state index is -1.63. The second-order valence-electron chi connectivity index (χ2n) is 16.6. The van der Waals surface area contributed by atoms with Crippen molar-refractivity contribution in [1.82, 2.24) is 10.2 Å². The number of aliphatic hydroxyl groups is 4. The van der Waals surface area contributed by atoms with Crippen LogP contribution in [0, 0.1) is 5.92 Å². The van der Waals surface area contributed by atoms with Crippen LogP contribution in [0.15, 0.2) is 73.1 Å². The summed E-state index contributed by atoms with van der Waals surface area (Å²) in [6, 6.07) is 15.6. The van der Waals surface area contributed by atoms with Crippen molar-refractivity contribution in [3.05, 3.63) is 89.8 Å². The molecule has 0 spiro atoms. The number of amides is 4. The van der Waals surface area contributed by atoms with Gasteiger partial charge in [-0.15, -0.1) is 0 Å². The third-order valence-electron chi connectivity index (χ3n) is 10.4. The molecule has 62 heavy (non-hydrogen) atoms. The van der Waals surface area contributed by atoms with E-state index in [2.05, 4.69) is 16.0 Å². The topological polar surface area (TPSA) is 246 Å². The van der Waals surface area contributed by atoms with Crippen LogP contribution in [0.4, 0.5) is 16.2 Å². The zero-order valence-electron chi connectivity index (χ0n) is 35.6. The Hall–Kier alpha value is -5.43. The molecule has 1 aromatic heterocycles. The number of nitrogens with one attached hydrogen (secondary N) is 3. The van der Waals surface area contributed by atoms with E-state index >= 15 is 0 Å². The number of aliphatic hydroxyl groups excluding tert-OH is 4. The summed E-state index contributed by atoms with van der Waals surface area (Å²) >= 11 is 0. The van der Waals surface area contributed by atoms with Crippen molar-refractivity contribution in [2.75, 3.05) is 43.4 Å². The molecule has 0 bridgehead atoms. The van der Waals surface area contributed by atoms with Crippen LogP contribution in [-0.2, 0) is 25.6 Å². The largest absolute Gasteiger partial charge is 0.460 e. The first-order valence-electron chi connectivity index (χ1n) is 21.1. The standard InChI is InChI=1S/C45H60N6O11/c1-45(2,3)62-44(59)48-33-11-6-10-32(25-33)42(58)51-22-17-29(18-23-51)8-4-5-20-47-37(53)15-13-30-9-7-21-50(26-30)27-31-12-14-35(34(24-31)49-38(54)16-19-46)60-43-41(57)40(56)39(55)36(28-52)61-43/h6-7,9-15,21,24-26,29,36,39-41,43,52,55-57H,4-5,8,16-20,22-23,27-28,46H2,1-3H3,(H2-,47,48,49,53,54,59)/p+1/b15-13+/t36-,39-,40+,41+,43+/m1/s1. The molecule has 2 aliphatic rings. The fourth-order valence-electron chi connectivity index (χ4n) is 7.22. The molecule has 0 aliphatic carbocycles. The Kier molecular flexibility index (Phi) is 17.4. The van der Waals surface area contributed by atoms with Gasteiger partial charge in [0.15, 0.2) is 18.9 Å². The number of nitrogens with zero attached hydrogens (tertiary/aromatic N) is 2. The predicted octanol–water partition coefficient (Wildman–Crippen LogP) is 2.69. The van der Waals surface area contributed by atoms with E-state index in [9.17, 15) is 39.6 Å². The number of ether oxygens (including phenoxy) is 3.